The molecule has 0 aliphatic heterocycles. The predicted octanol–water partition coefficient (Wildman–Crippen LogP) is 3.17. The summed E-state index contributed by atoms with van der Waals surface area (Å²) < 4.78 is 0. The Morgan fingerprint density at radius 2 is 1.64 bits per heavy atom. The third kappa shape index (κ3) is 3.27. The van der Waals surface area contributed by atoms with Gasteiger partial charge in [-0.2, -0.15) is 0 Å². The van der Waals surface area contributed by atoms with E-state index in [0.717, 1.165) is 16.3 Å². The summed E-state index contributed by atoms with van der Waals surface area (Å²) in [6, 6.07) is 12.8. The number of hydrogen-bond donors (Lipinski definition) is 2. The average molecular weight is 299 g/mol. The fourth-order valence-corrected chi connectivity index (χ4v) is 2.56. The van der Waals surface area contributed by atoms with E-state index in [0.29, 0.717) is 0 Å². The zero-order valence-electron chi connectivity index (χ0n) is 13.0. The number of carboxylic acid groups (broad SMARTS) is 1. The average Bonchev–Trinajstić information content (AvgIpc) is 2.50. The van der Waals surface area contributed by atoms with E-state index in [9.17, 15) is 14.7 Å². The van der Waals surface area contributed by atoms with Crippen LogP contribution in [0.25, 0.3) is 10.8 Å². The van der Waals surface area contributed by atoms with Gasteiger partial charge in [0.25, 0.3) is 0 Å². The van der Waals surface area contributed by atoms with E-state index in [4.69, 9.17) is 0 Å². The summed E-state index contributed by atoms with van der Waals surface area (Å²) in [5.74, 6) is -1.85. The molecule has 0 aliphatic carbocycles. The Kier molecular flexibility index (Phi) is 4.81. The standard InChI is InChI=1S/C18H21NO3/c1-11(2)16(18(21)22)19-17(20)12(3)14-10-6-8-13-7-4-5-9-15(13)14/h4-12,16H,1-3H3,(H,19,20)(H,21,22)/t12?,16-/m0/s1. The second kappa shape index (κ2) is 6.60. The van der Waals surface area contributed by atoms with Crippen LogP contribution in [0.3, 0.4) is 0 Å². The van der Waals surface area contributed by atoms with Gasteiger partial charge in [0.1, 0.15) is 6.04 Å². The highest BCUT2D eigenvalue weighted by molar-refractivity contribution is 5.94. The molecular formula is C18H21NO3. The van der Waals surface area contributed by atoms with Crippen LogP contribution >= 0.6 is 0 Å². The Bertz CT molecular complexity index is 688. The Morgan fingerprint density at radius 3 is 2.27 bits per heavy atom. The smallest absolute Gasteiger partial charge is 0.326 e. The molecule has 0 spiro atoms. The minimum Gasteiger partial charge on any atom is -0.480 e. The summed E-state index contributed by atoms with van der Waals surface area (Å²) in [6.07, 6.45) is 0. The molecule has 0 saturated carbocycles. The summed E-state index contributed by atoms with van der Waals surface area (Å²) in [6.45, 7) is 5.36. The number of benzene rings is 2. The summed E-state index contributed by atoms with van der Waals surface area (Å²) in [4.78, 5) is 23.7. The maximum absolute atomic E-state index is 12.4. The number of hydrogen-bond acceptors (Lipinski definition) is 2. The summed E-state index contributed by atoms with van der Waals surface area (Å²) in [5, 5.41) is 13.9. The van der Waals surface area contributed by atoms with Gasteiger partial charge in [-0.1, -0.05) is 56.3 Å². The molecule has 0 fully saturated rings. The minimum absolute atomic E-state index is 0.166. The van der Waals surface area contributed by atoms with Crippen LogP contribution in [0.1, 0.15) is 32.3 Å². The van der Waals surface area contributed by atoms with Gasteiger partial charge in [-0.3, -0.25) is 4.79 Å². The number of carbonyl (C=O) groups is 2. The summed E-state index contributed by atoms with van der Waals surface area (Å²) >= 11 is 0. The van der Waals surface area contributed by atoms with Gasteiger partial charge in [0.05, 0.1) is 5.92 Å². The molecule has 0 bridgehead atoms. The van der Waals surface area contributed by atoms with Gasteiger partial charge in [-0.25, -0.2) is 4.79 Å². The fraction of sp³-hybridized carbons (Fsp3) is 0.333. The van der Waals surface area contributed by atoms with Crippen LogP contribution in [0.15, 0.2) is 42.5 Å². The van der Waals surface area contributed by atoms with Crippen LogP contribution in [0, 0.1) is 5.92 Å². The largest absolute Gasteiger partial charge is 0.480 e. The number of carbonyl (C=O) groups excluding carboxylic acids is 1. The van der Waals surface area contributed by atoms with Gasteiger partial charge in [-0.05, 0) is 29.2 Å². The molecule has 2 N–H and O–H groups in total. The number of rotatable bonds is 5. The SMILES string of the molecule is CC(C(=O)N[C@H](C(=O)O)C(C)C)c1cccc2ccccc12. The highest BCUT2D eigenvalue weighted by Crippen LogP contribution is 2.25. The van der Waals surface area contributed by atoms with Crippen LogP contribution in [-0.2, 0) is 9.59 Å². The van der Waals surface area contributed by atoms with Crippen molar-refractivity contribution in [2.24, 2.45) is 5.92 Å². The second-order valence-electron chi connectivity index (χ2n) is 5.86. The van der Waals surface area contributed by atoms with E-state index >= 15 is 0 Å². The Balaban J connectivity index is 2.28. The van der Waals surface area contributed by atoms with E-state index in [1.165, 1.54) is 0 Å². The molecule has 1 unspecified atom stereocenters. The van der Waals surface area contributed by atoms with Crippen LogP contribution in [0.5, 0.6) is 0 Å². The van der Waals surface area contributed by atoms with Crippen molar-refractivity contribution in [3.63, 3.8) is 0 Å². The Morgan fingerprint density at radius 1 is 1.00 bits per heavy atom. The van der Waals surface area contributed by atoms with Crippen LogP contribution < -0.4 is 5.32 Å². The number of amides is 1. The predicted molar refractivity (Wildman–Crippen MR) is 86.8 cm³/mol. The van der Waals surface area contributed by atoms with Crippen LogP contribution in [-0.4, -0.2) is 23.0 Å². The number of aliphatic carboxylic acids is 1. The first-order chi connectivity index (χ1) is 10.4. The molecule has 4 heteroatoms. The third-order valence-electron chi connectivity index (χ3n) is 3.91. The topological polar surface area (TPSA) is 66.4 Å². The lowest BCUT2D eigenvalue weighted by atomic mass is 9.93. The van der Waals surface area contributed by atoms with Crippen LogP contribution in [0.4, 0.5) is 0 Å². The zero-order valence-corrected chi connectivity index (χ0v) is 13.0. The van der Waals surface area contributed by atoms with Crippen LogP contribution in [0.2, 0.25) is 0 Å². The molecule has 1 amide bonds. The highest BCUT2D eigenvalue weighted by atomic mass is 16.4. The maximum Gasteiger partial charge on any atom is 0.326 e. The molecule has 0 radical (unpaired) electrons. The normalized spacial score (nSPS) is 13.8. The van der Waals surface area contributed by atoms with E-state index in [-0.39, 0.29) is 11.8 Å². The van der Waals surface area contributed by atoms with Gasteiger partial charge in [0.15, 0.2) is 0 Å². The molecule has 0 aliphatic rings. The van der Waals surface area contributed by atoms with Crippen molar-refractivity contribution < 1.29 is 14.7 Å². The summed E-state index contributed by atoms with van der Waals surface area (Å²) in [5.41, 5.74) is 0.906. The molecular weight excluding hydrogens is 278 g/mol. The highest BCUT2D eigenvalue weighted by Gasteiger charge is 2.26. The first-order valence-electron chi connectivity index (χ1n) is 7.42. The lowest BCUT2D eigenvalue weighted by Crippen LogP contribution is -2.45. The van der Waals surface area contributed by atoms with E-state index in [2.05, 4.69) is 5.32 Å². The van der Waals surface area contributed by atoms with Gasteiger partial charge < -0.3 is 10.4 Å². The van der Waals surface area contributed by atoms with Gasteiger partial charge >= 0.3 is 5.97 Å². The van der Waals surface area contributed by atoms with Gasteiger partial charge in [0.2, 0.25) is 5.91 Å². The van der Waals surface area contributed by atoms with E-state index in [1.807, 2.05) is 42.5 Å². The van der Waals surface area contributed by atoms with Gasteiger partial charge in [-0.15, -0.1) is 0 Å². The number of fused-ring (bicyclic) bond motifs is 1. The first-order valence-corrected chi connectivity index (χ1v) is 7.42. The maximum atomic E-state index is 12.4. The van der Waals surface area contributed by atoms with Crippen molar-refractivity contribution in [3.05, 3.63) is 48.0 Å². The molecule has 0 aromatic heterocycles. The molecule has 0 saturated heterocycles. The number of nitrogens with one attached hydrogen (secondary N) is 1. The quantitative estimate of drug-likeness (QED) is 0.891. The van der Waals surface area contributed by atoms with Crippen molar-refractivity contribution in [1.82, 2.24) is 5.32 Å². The second-order valence-corrected chi connectivity index (χ2v) is 5.86. The van der Waals surface area contributed by atoms with Crippen molar-refractivity contribution in [2.45, 2.75) is 32.7 Å². The lowest BCUT2D eigenvalue weighted by molar-refractivity contribution is -0.143. The first kappa shape index (κ1) is 16.0. The zero-order chi connectivity index (χ0) is 16.3. The van der Waals surface area contributed by atoms with Crippen molar-refractivity contribution >= 4 is 22.6 Å². The minimum atomic E-state index is -1.01. The third-order valence-corrected chi connectivity index (χ3v) is 3.91. The van der Waals surface area contributed by atoms with Crippen molar-refractivity contribution in [3.8, 4) is 0 Å². The van der Waals surface area contributed by atoms with E-state index < -0.39 is 17.9 Å². The molecule has 2 aromatic rings. The molecule has 22 heavy (non-hydrogen) atoms. The van der Waals surface area contributed by atoms with E-state index in [1.54, 1.807) is 20.8 Å². The molecule has 2 atom stereocenters. The number of carboxylic acids is 1. The fourth-order valence-electron chi connectivity index (χ4n) is 2.56. The summed E-state index contributed by atoms with van der Waals surface area (Å²) in [7, 11) is 0. The molecule has 116 valence electrons. The van der Waals surface area contributed by atoms with Crippen molar-refractivity contribution in [1.29, 1.82) is 0 Å². The Hall–Kier alpha value is -2.36. The van der Waals surface area contributed by atoms with Gasteiger partial charge in [0, 0.05) is 0 Å². The molecule has 0 heterocycles. The lowest BCUT2D eigenvalue weighted by Gasteiger charge is -2.21. The molecule has 4 nitrogen and oxygen atoms in total. The van der Waals surface area contributed by atoms with Crippen molar-refractivity contribution in [2.75, 3.05) is 0 Å². The molecule has 2 aromatic carbocycles. The Labute approximate surface area is 130 Å². The monoisotopic (exact) mass is 299 g/mol. The molecule has 2 rings (SSSR count).